The molecule has 10 nitrogen and oxygen atoms in total. The molecule has 0 heterocycles. The Labute approximate surface area is 190 Å². The Balaban J connectivity index is 2.70. The molecule has 0 aliphatic carbocycles. The van der Waals surface area contributed by atoms with Crippen molar-refractivity contribution in [3.05, 3.63) is 35.4 Å². The normalized spacial score (nSPS) is 11.6. The number of hydrogen-bond acceptors (Lipinski definition) is 10. The maximum Gasteiger partial charge on any atom is 0.308 e. The Morgan fingerprint density at radius 1 is 0.848 bits per heavy atom. The van der Waals surface area contributed by atoms with Gasteiger partial charge in [0.25, 0.3) is 0 Å². The molecule has 2 rings (SSSR count). The number of hydrogen-bond donors (Lipinski definition) is 2. The van der Waals surface area contributed by atoms with Gasteiger partial charge in [0.05, 0.1) is 18.5 Å². The van der Waals surface area contributed by atoms with E-state index in [0.717, 1.165) is 0 Å². The molecule has 2 aromatic rings. The minimum Gasteiger partial charge on any atom is -0.550 e. The Kier molecular flexibility index (Phi) is 7.65. The number of Topliss-reactive ketones (excluding diaryl/α,β-unsaturated/α-hetero) is 2. The van der Waals surface area contributed by atoms with Gasteiger partial charge in [-0.3, -0.25) is 14.4 Å². The van der Waals surface area contributed by atoms with Crippen molar-refractivity contribution in [3.8, 4) is 23.0 Å². The van der Waals surface area contributed by atoms with E-state index < -0.39 is 35.3 Å². The fraction of sp³-hybridized carbons (Fsp3) is 0.304. The molecule has 0 aromatic heterocycles. The summed E-state index contributed by atoms with van der Waals surface area (Å²) in [4.78, 5) is 47.1. The van der Waals surface area contributed by atoms with Gasteiger partial charge in [-0.25, -0.2) is 0 Å². The molecule has 0 bridgehead atoms. The summed E-state index contributed by atoms with van der Waals surface area (Å²) in [6.45, 7) is 5.13. The molecule has 0 aliphatic heterocycles. The van der Waals surface area contributed by atoms with Crippen LogP contribution in [0, 0.1) is 0 Å². The summed E-state index contributed by atoms with van der Waals surface area (Å²) in [5, 5.41) is 11.2. The molecule has 0 amide bonds. The van der Waals surface area contributed by atoms with Crippen LogP contribution in [-0.4, -0.2) is 30.6 Å². The molecule has 33 heavy (non-hydrogen) atoms. The van der Waals surface area contributed by atoms with Crippen molar-refractivity contribution in [3.63, 3.8) is 0 Å². The van der Waals surface area contributed by atoms with Gasteiger partial charge in [-0.2, -0.15) is 0 Å². The van der Waals surface area contributed by atoms with E-state index in [1.54, 1.807) is 0 Å². The Morgan fingerprint density at radius 2 is 1.36 bits per heavy atom. The van der Waals surface area contributed by atoms with Gasteiger partial charge in [-0.15, -0.1) is 0 Å². The molecule has 0 saturated heterocycles. The molecule has 176 valence electrons. The van der Waals surface area contributed by atoms with Crippen molar-refractivity contribution in [2.24, 2.45) is 0 Å². The Bertz CT molecular complexity index is 1090. The van der Waals surface area contributed by atoms with E-state index in [1.165, 1.54) is 59.1 Å². The number of nitrogen functional groups attached to an aromatic ring is 2. The molecule has 0 saturated carbocycles. The zero-order chi connectivity index (χ0) is 25.0. The fourth-order valence-corrected chi connectivity index (χ4v) is 3.30. The van der Waals surface area contributed by atoms with E-state index >= 15 is 0 Å². The summed E-state index contributed by atoms with van der Waals surface area (Å²) >= 11 is 0. The second-order valence-electron chi connectivity index (χ2n) is 7.47. The van der Waals surface area contributed by atoms with Crippen LogP contribution in [0.3, 0.4) is 0 Å². The molecule has 0 radical (unpaired) electrons. The molecule has 0 aliphatic rings. The van der Waals surface area contributed by atoms with Gasteiger partial charge in [-0.05, 0) is 49.2 Å². The first-order chi connectivity index (χ1) is 15.4. The van der Waals surface area contributed by atoms with Crippen LogP contribution in [-0.2, 0) is 19.2 Å². The molecule has 1 atom stereocenters. The number of anilines is 2. The smallest absolute Gasteiger partial charge is 0.308 e. The zero-order valence-electron chi connectivity index (χ0n) is 18.9. The molecule has 1 unspecified atom stereocenters. The van der Waals surface area contributed by atoms with Gasteiger partial charge in [0.1, 0.15) is 17.5 Å². The molecular weight excluding hydrogens is 432 g/mol. The van der Waals surface area contributed by atoms with Crippen molar-refractivity contribution in [1.29, 1.82) is 0 Å². The first-order valence-electron chi connectivity index (χ1n) is 9.86. The lowest BCUT2D eigenvalue weighted by Gasteiger charge is -2.21. The molecule has 2 aromatic carbocycles. The molecular formula is C23H25N2O8-. The Morgan fingerprint density at radius 3 is 1.79 bits per heavy atom. The van der Waals surface area contributed by atoms with Gasteiger partial charge >= 0.3 is 5.97 Å². The van der Waals surface area contributed by atoms with E-state index in [9.17, 15) is 24.3 Å². The Hall–Kier alpha value is -4.08. The predicted molar refractivity (Wildman–Crippen MR) is 117 cm³/mol. The highest BCUT2D eigenvalue weighted by Crippen LogP contribution is 2.45. The summed E-state index contributed by atoms with van der Waals surface area (Å²) in [5.74, 6) is -5.11. The van der Waals surface area contributed by atoms with E-state index in [2.05, 4.69) is 0 Å². The summed E-state index contributed by atoms with van der Waals surface area (Å²) in [5.41, 5.74) is 12.7. The predicted octanol–water partition coefficient (Wildman–Crippen LogP) is 1.69. The highest BCUT2D eigenvalue weighted by atomic mass is 16.6. The van der Waals surface area contributed by atoms with E-state index in [-0.39, 0.29) is 39.9 Å². The number of carboxylic acids is 1. The lowest BCUT2D eigenvalue weighted by atomic mass is 9.91. The van der Waals surface area contributed by atoms with Crippen molar-refractivity contribution in [2.75, 3.05) is 18.6 Å². The van der Waals surface area contributed by atoms with Gasteiger partial charge in [0.15, 0.2) is 17.2 Å². The summed E-state index contributed by atoms with van der Waals surface area (Å²) in [6, 6.07) is 5.49. The summed E-state index contributed by atoms with van der Waals surface area (Å²) in [7, 11) is 1.31. The topological polar surface area (TPSA) is 171 Å². The number of rotatable bonds is 9. The number of carbonyl (C=O) groups excluding carboxylic acids is 4. The third kappa shape index (κ3) is 5.59. The van der Waals surface area contributed by atoms with Gasteiger partial charge in [0, 0.05) is 18.8 Å². The first-order valence-corrected chi connectivity index (χ1v) is 9.86. The molecule has 10 heteroatoms. The average Bonchev–Trinajstić information content (AvgIpc) is 2.70. The lowest BCUT2D eigenvalue weighted by molar-refractivity contribution is -0.307. The van der Waals surface area contributed by atoms with Crippen LogP contribution in [0.15, 0.2) is 24.3 Å². The average molecular weight is 457 g/mol. The van der Waals surface area contributed by atoms with Crippen LogP contribution in [0.2, 0.25) is 0 Å². The summed E-state index contributed by atoms with van der Waals surface area (Å²) < 4.78 is 16.4. The van der Waals surface area contributed by atoms with Gasteiger partial charge in [-0.1, -0.05) is 6.92 Å². The highest BCUT2D eigenvalue weighted by molar-refractivity contribution is 6.05. The standard InChI is InChI=1S/C23H26N2O8/c1-10(23(29)30)14-6-16(24)21(17(25)7-14)33-19-9-15(20(11(2)26)12(3)27)8-18(31-5)22(19)32-13(4)28/h6-10,20H,24-25H2,1-5H3,(H,29,30)/p-1. The van der Waals surface area contributed by atoms with Crippen LogP contribution in [0.4, 0.5) is 11.4 Å². The van der Waals surface area contributed by atoms with E-state index in [4.69, 9.17) is 25.7 Å². The van der Waals surface area contributed by atoms with Crippen LogP contribution < -0.4 is 30.8 Å². The van der Waals surface area contributed by atoms with Gasteiger partial charge < -0.3 is 35.6 Å². The van der Waals surface area contributed by atoms with E-state index in [1.807, 2.05) is 0 Å². The summed E-state index contributed by atoms with van der Waals surface area (Å²) in [6.07, 6.45) is 0. The van der Waals surface area contributed by atoms with Crippen molar-refractivity contribution in [2.45, 2.75) is 39.5 Å². The monoisotopic (exact) mass is 457 g/mol. The second-order valence-corrected chi connectivity index (χ2v) is 7.47. The maximum absolute atomic E-state index is 12.1. The number of esters is 1. The van der Waals surface area contributed by atoms with Crippen LogP contribution >= 0.6 is 0 Å². The second kappa shape index (κ2) is 10.0. The molecule has 0 spiro atoms. The number of methoxy groups -OCH3 is 1. The minimum atomic E-state index is -1.31. The maximum atomic E-state index is 12.1. The number of ketones is 2. The lowest BCUT2D eigenvalue weighted by Crippen LogP contribution is -2.28. The zero-order valence-corrected chi connectivity index (χ0v) is 18.9. The first kappa shape index (κ1) is 25.2. The minimum absolute atomic E-state index is 0.00549. The van der Waals surface area contributed by atoms with Crippen molar-refractivity contribution >= 4 is 34.9 Å². The number of nitrogens with two attached hydrogens (primary N) is 2. The molecule has 4 N–H and O–H groups in total. The van der Waals surface area contributed by atoms with Gasteiger partial charge in [0.2, 0.25) is 5.75 Å². The number of carboxylic acid groups (broad SMARTS) is 1. The highest BCUT2D eigenvalue weighted by Gasteiger charge is 2.27. The third-order valence-corrected chi connectivity index (χ3v) is 4.89. The number of benzene rings is 2. The number of ether oxygens (including phenoxy) is 3. The van der Waals surface area contributed by atoms with Crippen LogP contribution in [0.5, 0.6) is 23.0 Å². The van der Waals surface area contributed by atoms with Crippen LogP contribution in [0.25, 0.3) is 0 Å². The largest absolute Gasteiger partial charge is 0.550 e. The quantitative estimate of drug-likeness (QED) is 0.244. The number of carbonyl (C=O) groups is 4. The molecule has 0 fully saturated rings. The van der Waals surface area contributed by atoms with E-state index in [0.29, 0.717) is 5.56 Å². The SMILES string of the molecule is COc1cc(C(C(C)=O)C(C)=O)cc(Oc2c(N)cc(C(C)C(=O)[O-])cc2N)c1OC(C)=O. The fourth-order valence-electron chi connectivity index (χ4n) is 3.30. The van der Waals surface area contributed by atoms with Crippen molar-refractivity contribution in [1.82, 2.24) is 0 Å². The number of aliphatic carboxylic acids is 1. The third-order valence-electron chi connectivity index (χ3n) is 4.89. The van der Waals surface area contributed by atoms with Crippen LogP contribution in [0.1, 0.15) is 50.7 Å². The van der Waals surface area contributed by atoms with Crippen molar-refractivity contribution < 1.29 is 38.5 Å².